The molecule has 0 bridgehead atoms. The first-order chi connectivity index (χ1) is 14.1. The topological polar surface area (TPSA) is 116 Å². The second-order valence-corrected chi connectivity index (χ2v) is 6.73. The predicted molar refractivity (Wildman–Crippen MR) is 104 cm³/mol. The van der Waals surface area contributed by atoms with Crippen LogP contribution in [0.25, 0.3) is 10.4 Å². The summed E-state index contributed by atoms with van der Waals surface area (Å²) in [7, 11) is 1.44. The highest BCUT2D eigenvalue weighted by Gasteiger charge is 2.44. The Morgan fingerprint density at radius 3 is 2.79 bits per heavy atom. The van der Waals surface area contributed by atoms with E-state index in [2.05, 4.69) is 10.0 Å². The lowest BCUT2D eigenvalue weighted by Crippen LogP contribution is -2.47. The number of carbonyl (C=O) groups is 3. The number of fused-ring (bicyclic) bond motifs is 2. The van der Waals surface area contributed by atoms with Gasteiger partial charge in [0.2, 0.25) is 0 Å². The van der Waals surface area contributed by atoms with Gasteiger partial charge in [0.15, 0.2) is 0 Å². The number of azide groups is 1. The molecule has 2 aliphatic rings. The summed E-state index contributed by atoms with van der Waals surface area (Å²) >= 11 is 0. The average molecular weight is 391 g/mol. The largest absolute Gasteiger partial charge is 0.497 e. The molecule has 9 heteroatoms. The van der Waals surface area contributed by atoms with Gasteiger partial charge in [-0.25, -0.2) is 4.90 Å². The van der Waals surface area contributed by atoms with Crippen LogP contribution < -0.4 is 9.64 Å². The maximum Gasteiger partial charge on any atom is 0.265 e. The number of rotatable bonds is 3. The molecule has 2 aromatic rings. The molecule has 146 valence electrons. The molecular formula is C20H17N5O4. The number of anilines is 1. The summed E-state index contributed by atoms with van der Waals surface area (Å²) < 4.78 is 5.18. The first-order valence-electron chi connectivity index (χ1n) is 9.08. The van der Waals surface area contributed by atoms with Crippen molar-refractivity contribution in [1.82, 2.24) is 4.90 Å². The number of ether oxygens (including phenoxy) is 1. The molecule has 0 spiro atoms. The summed E-state index contributed by atoms with van der Waals surface area (Å²) in [6, 6.07) is 10.3. The summed E-state index contributed by atoms with van der Waals surface area (Å²) in [6.07, 6.45) is 1.18. The van der Waals surface area contributed by atoms with Crippen LogP contribution in [0.2, 0.25) is 0 Å². The van der Waals surface area contributed by atoms with E-state index in [0.717, 1.165) is 4.90 Å². The van der Waals surface area contributed by atoms with Crippen molar-refractivity contribution in [1.29, 1.82) is 0 Å². The molecular weight excluding hydrogens is 374 g/mol. The Balaban J connectivity index is 1.90. The molecule has 0 unspecified atom stereocenters. The highest BCUT2D eigenvalue weighted by molar-refractivity contribution is 6.27. The van der Waals surface area contributed by atoms with Gasteiger partial charge in [0.1, 0.15) is 11.8 Å². The van der Waals surface area contributed by atoms with Gasteiger partial charge in [-0.15, -0.1) is 0 Å². The highest BCUT2D eigenvalue weighted by Crippen LogP contribution is 2.35. The summed E-state index contributed by atoms with van der Waals surface area (Å²) in [5.41, 5.74) is 9.45. The predicted octanol–water partition coefficient (Wildman–Crippen LogP) is 3.43. The maximum absolute atomic E-state index is 13.5. The zero-order valence-corrected chi connectivity index (χ0v) is 15.6. The molecule has 1 atom stereocenters. The van der Waals surface area contributed by atoms with E-state index in [1.54, 1.807) is 30.3 Å². The van der Waals surface area contributed by atoms with Crippen LogP contribution in [-0.2, 0) is 4.79 Å². The first-order valence-corrected chi connectivity index (χ1v) is 9.08. The third kappa shape index (κ3) is 2.97. The van der Waals surface area contributed by atoms with Crippen molar-refractivity contribution in [2.45, 2.75) is 18.9 Å². The minimum atomic E-state index is -0.702. The number of hydrogen-bond acceptors (Lipinski definition) is 5. The van der Waals surface area contributed by atoms with Gasteiger partial charge in [0, 0.05) is 11.5 Å². The van der Waals surface area contributed by atoms with Crippen LogP contribution in [0, 0.1) is 0 Å². The normalized spacial score (nSPS) is 17.9. The molecule has 3 amide bonds. The van der Waals surface area contributed by atoms with E-state index in [9.17, 15) is 14.4 Å². The number of para-hydroxylation sites is 1. The van der Waals surface area contributed by atoms with Crippen LogP contribution in [0.15, 0.2) is 47.6 Å². The number of carbonyl (C=O) groups excluding carboxylic acids is 3. The van der Waals surface area contributed by atoms with Crippen molar-refractivity contribution in [3.8, 4) is 5.75 Å². The van der Waals surface area contributed by atoms with E-state index < -0.39 is 17.9 Å². The van der Waals surface area contributed by atoms with Crippen molar-refractivity contribution in [3.05, 3.63) is 64.0 Å². The molecule has 0 radical (unpaired) electrons. The number of nitrogens with zero attached hydrogens (tertiary/aromatic N) is 5. The SMILES string of the molecule is COc1ccc(N=[N+]=[N-])c(C(=O)N2C(=O)[C@@H]3CCCN3C(=O)c3ccccc32)c1. The minimum absolute atomic E-state index is 0.0178. The molecule has 4 rings (SSSR count). The second kappa shape index (κ2) is 7.29. The average Bonchev–Trinajstić information content (AvgIpc) is 3.21. The number of methoxy groups -OCH3 is 1. The van der Waals surface area contributed by atoms with Gasteiger partial charge in [-0.3, -0.25) is 14.4 Å². The fourth-order valence-electron chi connectivity index (χ4n) is 3.82. The quantitative estimate of drug-likeness (QED) is 0.345. The third-order valence-electron chi connectivity index (χ3n) is 5.18. The van der Waals surface area contributed by atoms with Crippen molar-refractivity contribution in [2.24, 2.45) is 5.11 Å². The molecule has 2 aromatic carbocycles. The van der Waals surface area contributed by atoms with Crippen LogP contribution in [0.1, 0.15) is 33.6 Å². The van der Waals surface area contributed by atoms with Gasteiger partial charge in [0.25, 0.3) is 17.7 Å². The molecule has 0 aromatic heterocycles. The summed E-state index contributed by atoms with van der Waals surface area (Å²) in [6.45, 7) is 0.467. The smallest absolute Gasteiger partial charge is 0.265 e. The molecule has 29 heavy (non-hydrogen) atoms. The number of imide groups is 1. The minimum Gasteiger partial charge on any atom is -0.497 e. The molecule has 1 saturated heterocycles. The first kappa shape index (κ1) is 18.5. The lowest BCUT2D eigenvalue weighted by Gasteiger charge is -2.25. The molecule has 9 nitrogen and oxygen atoms in total. The Labute approximate surface area is 166 Å². The van der Waals surface area contributed by atoms with Gasteiger partial charge < -0.3 is 9.64 Å². The fourth-order valence-corrected chi connectivity index (χ4v) is 3.82. The van der Waals surface area contributed by atoms with Gasteiger partial charge >= 0.3 is 0 Å². The standard InChI is InChI=1S/C20H17N5O4/c1-29-12-8-9-15(22-23-21)14(11-12)19(27)25-16-6-3-2-5-13(16)18(26)24-10-4-7-17(24)20(25)28/h2-3,5-6,8-9,11,17H,4,7,10H2,1H3/t17-/m0/s1. The van der Waals surface area contributed by atoms with Crippen LogP contribution in [0.5, 0.6) is 5.75 Å². The van der Waals surface area contributed by atoms with Gasteiger partial charge in [-0.2, -0.15) is 0 Å². The van der Waals surface area contributed by atoms with E-state index in [0.29, 0.717) is 25.1 Å². The zero-order valence-electron chi connectivity index (χ0n) is 15.6. The lowest BCUT2D eigenvalue weighted by molar-refractivity contribution is -0.121. The van der Waals surface area contributed by atoms with E-state index in [1.807, 2.05) is 0 Å². The summed E-state index contributed by atoms with van der Waals surface area (Å²) in [5.74, 6) is -1.04. The lowest BCUT2D eigenvalue weighted by atomic mass is 10.1. The third-order valence-corrected chi connectivity index (χ3v) is 5.18. The molecule has 1 fully saturated rings. The van der Waals surface area contributed by atoms with Gasteiger partial charge in [-0.1, -0.05) is 17.2 Å². The number of benzene rings is 2. The molecule has 0 aliphatic carbocycles. The monoisotopic (exact) mass is 391 g/mol. The van der Waals surface area contributed by atoms with Crippen molar-refractivity contribution in [2.75, 3.05) is 18.6 Å². The van der Waals surface area contributed by atoms with Crippen LogP contribution >= 0.6 is 0 Å². The summed E-state index contributed by atoms with van der Waals surface area (Å²) in [5, 5.41) is 3.57. The highest BCUT2D eigenvalue weighted by atomic mass is 16.5. The fraction of sp³-hybridized carbons (Fsp3) is 0.250. The van der Waals surface area contributed by atoms with Crippen LogP contribution in [0.3, 0.4) is 0 Å². The molecule has 0 N–H and O–H groups in total. The Kier molecular flexibility index (Phi) is 4.66. The zero-order chi connectivity index (χ0) is 20.5. The summed E-state index contributed by atoms with van der Waals surface area (Å²) in [4.78, 5) is 45.2. The maximum atomic E-state index is 13.5. The van der Waals surface area contributed by atoms with Crippen molar-refractivity contribution in [3.63, 3.8) is 0 Å². The molecule has 0 saturated carbocycles. The van der Waals surface area contributed by atoms with E-state index in [-0.39, 0.29) is 28.4 Å². The van der Waals surface area contributed by atoms with E-state index in [4.69, 9.17) is 10.3 Å². The Morgan fingerprint density at radius 2 is 2.03 bits per heavy atom. The van der Waals surface area contributed by atoms with Gasteiger partial charge in [-0.05, 0) is 48.7 Å². The molecule has 2 heterocycles. The van der Waals surface area contributed by atoms with Crippen LogP contribution in [-0.4, -0.2) is 42.3 Å². The number of hydrogen-bond donors (Lipinski definition) is 0. The van der Waals surface area contributed by atoms with Gasteiger partial charge in [0.05, 0.1) is 29.6 Å². The Hall–Kier alpha value is -3.84. The Bertz CT molecular complexity index is 1080. The Morgan fingerprint density at radius 1 is 1.24 bits per heavy atom. The van der Waals surface area contributed by atoms with E-state index >= 15 is 0 Å². The molecule has 2 aliphatic heterocycles. The van der Waals surface area contributed by atoms with Crippen LogP contribution in [0.4, 0.5) is 11.4 Å². The van der Waals surface area contributed by atoms with Crippen molar-refractivity contribution < 1.29 is 19.1 Å². The van der Waals surface area contributed by atoms with Crippen molar-refractivity contribution >= 4 is 29.1 Å². The van der Waals surface area contributed by atoms with E-state index in [1.165, 1.54) is 24.1 Å². The second-order valence-electron chi connectivity index (χ2n) is 6.73. The number of amides is 3.